The highest BCUT2D eigenvalue weighted by Gasteiger charge is 2.10. The van der Waals surface area contributed by atoms with E-state index in [2.05, 4.69) is 25.9 Å². The number of nitrogens with zero attached hydrogens (tertiary/aromatic N) is 2. The Labute approximate surface area is 120 Å². The summed E-state index contributed by atoms with van der Waals surface area (Å²) in [6.07, 6.45) is 1.43. The minimum absolute atomic E-state index is 0.280. The number of fused-ring (bicyclic) bond motifs is 1. The van der Waals surface area contributed by atoms with E-state index in [9.17, 15) is 4.39 Å². The summed E-state index contributed by atoms with van der Waals surface area (Å²) in [6.45, 7) is 0. The lowest BCUT2D eigenvalue weighted by molar-refractivity contribution is 0.621. The summed E-state index contributed by atoms with van der Waals surface area (Å²) < 4.78 is 14.5. The van der Waals surface area contributed by atoms with Crippen molar-refractivity contribution in [2.24, 2.45) is 0 Å². The van der Waals surface area contributed by atoms with Gasteiger partial charge in [-0.1, -0.05) is 17.7 Å². The minimum Gasteiger partial charge on any atom is -0.235 e. The molecule has 0 radical (unpaired) electrons. The van der Waals surface area contributed by atoms with Crippen molar-refractivity contribution in [2.75, 3.05) is 0 Å². The van der Waals surface area contributed by atoms with Gasteiger partial charge >= 0.3 is 0 Å². The number of hydrogen-bond donors (Lipinski definition) is 0. The van der Waals surface area contributed by atoms with Gasteiger partial charge in [0.1, 0.15) is 17.3 Å². The quantitative estimate of drug-likeness (QED) is 0.587. The summed E-state index contributed by atoms with van der Waals surface area (Å²) in [4.78, 5) is 9.08. The van der Waals surface area contributed by atoms with Crippen LogP contribution in [0.1, 0.15) is 0 Å². The van der Waals surface area contributed by atoms with Crippen molar-refractivity contribution in [2.45, 2.75) is 0 Å². The molecule has 3 rings (SSSR count). The molecule has 2 heterocycles. The first-order chi connectivity index (χ1) is 8.65. The van der Waals surface area contributed by atoms with Gasteiger partial charge in [0, 0.05) is 4.88 Å². The van der Waals surface area contributed by atoms with Gasteiger partial charge in [-0.3, -0.25) is 0 Å². The van der Waals surface area contributed by atoms with Crippen LogP contribution in [0.15, 0.2) is 35.1 Å². The summed E-state index contributed by atoms with van der Waals surface area (Å²) in [5, 5.41) is 0.442. The van der Waals surface area contributed by atoms with Crippen LogP contribution in [-0.2, 0) is 0 Å². The normalized spacial score (nSPS) is 11.1. The van der Waals surface area contributed by atoms with Crippen molar-refractivity contribution in [3.8, 4) is 10.4 Å². The van der Waals surface area contributed by atoms with E-state index in [1.54, 1.807) is 12.1 Å². The fourth-order valence-electron chi connectivity index (χ4n) is 1.62. The molecule has 1 aromatic carbocycles. The maximum atomic E-state index is 13.2. The number of halogens is 3. The van der Waals surface area contributed by atoms with Crippen LogP contribution in [0.25, 0.3) is 20.7 Å². The Morgan fingerprint density at radius 3 is 2.78 bits per heavy atom. The molecule has 0 saturated heterocycles. The molecular weight excluding hydrogens is 339 g/mol. The Hall–Kier alpha value is -1.04. The molecule has 0 aliphatic carbocycles. The second-order valence-electron chi connectivity index (χ2n) is 3.62. The lowest BCUT2D eigenvalue weighted by Gasteiger charge is -1.98. The topological polar surface area (TPSA) is 25.8 Å². The summed E-state index contributed by atoms with van der Waals surface area (Å²) in [5.74, 6) is -0.280. The molecule has 0 spiro atoms. The number of rotatable bonds is 1. The second-order valence-corrected chi connectivity index (χ2v) is 5.88. The molecule has 0 saturated carbocycles. The van der Waals surface area contributed by atoms with Crippen LogP contribution >= 0.6 is 38.9 Å². The molecule has 0 atom stereocenters. The van der Waals surface area contributed by atoms with Crippen molar-refractivity contribution in [1.82, 2.24) is 9.97 Å². The van der Waals surface area contributed by atoms with Crippen LogP contribution < -0.4 is 0 Å². The molecule has 2 aromatic heterocycles. The van der Waals surface area contributed by atoms with Crippen LogP contribution in [0.3, 0.4) is 0 Å². The van der Waals surface area contributed by atoms with Crippen LogP contribution in [0.4, 0.5) is 4.39 Å². The van der Waals surface area contributed by atoms with E-state index in [1.165, 1.54) is 23.7 Å². The van der Waals surface area contributed by atoms with E-state index < -0.39 is 0 Å². The highest BCUT2D eigenvalue weighted by atomic mass is 79.9. The largest absolute Gasteiger partial charge is 0.235 e. The lowest BCUT2D eigenvalue weighted by Crippen LogP contribution is -1.78. The molecule has 0 unspecified atom stereocenters. The van der Waals surface area contributed by atoms with E-state index in [0.29, 0.717) is 9.63 Å². The van der Waals surface area contributed by atoms with Gasteiger partial charge in [0.15, 0.2) is 0 Å². The first-order valence-electron chi connectivity index (χ1n) is 5.00. The fourth-order valence-corrected chi connectivity index (χ4v) is 3.24. The summed E-state index contributed by atoms with van der Waals surface area (Å²) >= 11 is 10.7. The monoisotopic (exact) mass is 342 g/mol. The van der Waals surface area contributed by atoms with Crippen LogP contribution in [0.2, 0.25) is 5.15 Å². The molecule has 0 amide bonds. The number of aromatic nitrogens is 2. The Kier molecular flexibility index (Phi) is 3.05. The van der Waals surface area contributed by atoms with Gasteiger partial charge in [0.05, 0.1) is 14.7 Å². The second kappa shape index (κ2) is 4.57. The highest BCUT2D eigenvalue weighted by molar-refractivity contribution is 9.10. The predicted octanol–water partition coefficient (Wildman–Crippen LogP) is 4.91. The first kappa shape index (κ1) is 12.0. The molecule has 6 heteroatoms. The summed E-state index contributed by atoms with van der Waals surface area (Å²) in [7, 11) is 0. The zero-order chi connectivity index (χ0) is 12.7. The zero-order valence-corrected chi connectivity index (χ0v) is 12.0. The molecule has 0 bridgehead atoms. The number of benzene rings is 1. The van der Waals surface area contributed by atoms with E-state index in [0.717, 1.165) is 20.7 Å². The van der Waals surface area contributed by atoms with E-state index in [1.807, 2.05) is 6.07 Å². The summed E-state index contributed by atoms with van der Waals surface area (Å²) in [6, 6.07) is 6.82. The van der Waals surface area contributed by atoms with Gasteiger partial charge in [-0.2, -0.15) is 0 Å². The Bertz CT molecular complexity index is 744. The van der Waals surface area contributed by atoms with E-state index in [4.69, 9.17) is 11.6 Å². The Balaban J connectivity index is 2.19. The molecule has 0 aliphatic rings. The number of hydrogen-bond acceptors (Lipinski definition) is 3. The highest BCUT2D eigenvalue weighted by Crippen LogP contribution is 2.36. The number of thiophene rings is 1. The average Bonchev–Trinajstić information content (AvgIpc) is 2.78. The van der Waals surface area contributed by atoms with Crippen molar-refractivity contribution in [1.29, 1.82) is 0 Å². The minimum atomic E-state index is -0.280. The average molecular weight is 344 g/mol. The molecule has 3 aromatic rings. The third-order valence-electron chi connectivity index (χ3n) is 2.47. The van der Waals surface area contributed by atoms with E-state index >= 15 is 0 Å². The molecule has 18 heavy (non-hydrogen) atoms. The van der Waals surface area contributed by atoms with Gasteiger partial charge in [0.25, 0.3) is 0 Å². The van der Waals surface area contributed by atoms with Crippen LogP contribution in [0, 0.1) is 5.82 Å². The fraction of sp³-hybridized carbons (Fsp3) is 0. The Morgan fingerprint density at radius 2 is 2.06 bits per heavy atom. The molecule has 0 fully saturated rings. The van der Waals surface area contributed by atoms with Crippen molar-refractivity contribution in [3.05, 3.63) is 46.0 Å². The maximum Gasteiger partial charge on any atom is 0.150 e. The molecule has 90 valence electrons. The predicted molar refractivity (Wildman–Crippen MR) is 75.5 cm³/mol. The maximum absolute atomic E-state index is 13.2. The smallest absolute Gasteiger partial charge is 0.150 e. The zero-order valence-electron chi connectivity index (χ0n) is 8.82. The summed E-state index contributed by atoms with van der Waals surface area (Å²) in [5.41, 5.74) is 1.72. The Morgan fingerprint density at radius 1 is 1.22 bits per heavy atom. The van der Waals surface area contributed by atoms with Crippen molar-refractivity contribution in [3.63, 3.8) is 0 Å². The SMILES string of the molecule is Fc1ccc(-c2cc3ncnc(Cl)c3s2)cc1Br. The van der Waals surface area contributed by atoms with Crippen molar-refractivity contribution < 1.29 is 4.39 Å². The van der Waals surface area contributed by atoms with E-state index in [-0.39, 0.29) is 5.82 Å². The van der Waals surface area contributed by atoms with Crippen molar-refractivity contribution >= 4 is 49.1 Å². The van der Waals surface area contributed by atoms with Gasteiger partial charge < -0.3 is 0 Å². The first-order valence-corrected chi connectivity index (χ1v) is 6.99. The van der Waals surface area contributed by atoms with Gasteiger partial charge in [-0.15, -0.1) is 11.3 Å². The standard InChI is InChI=1S/C12H5BrClFN2S/c13-7-3-6(1-2-8(7)15)10-4-9-11(18-10)12(14)17-5-16-9/h1-5H. The lowest BCUT2D eigenvalue weighted by atomic mass is 10.2. The van der Waals surface area contributed by atoms with Gasteiger partial charge in [-0.05, 0) is 39.7 Å². The van der Waals surface area contributed by atoms with Crippen LogP contribution in [0.5, 0.6) is 0 Å². The molecule has 0 N–H and O–H groups in total. The molecule has 2 nitrogen and oxygen atoms in total. The van der Waals surface area contributed by atoms with Crippen LogP contribution in [-0.4, -0.2) is 9.97 Å². The third kappa shape index (κ3) is 2.02. The molecule has 0 aliphatic heterocycles. The third-order valence-corrected chi connectivity index (χ3v) is 4.66. The van der Waals surface area contributed by atoms with Gasteiger partial charge in [-0.25, -0.2) is 14.4 Å². The van der Waals surface area contributed by atoms with Gasteiger partial charge in [0.2, 0.25) is 0 Å². The molecular formula is C12H5BrClFN2S.